The smallest absolute Gasteiger partial charge is 0.150 e. The Kier molecular flexibility index (Phi) is 3.38. The third-order valence-electron chi connectivity index (χ3n) is 2.99. The molecule has 1 N–H and O–H groups in total. The van der Waals surface area contributed by atoms with E-state index < -0.39 is 0 Å². The topological polar surface area (TPSA) is 41.3 Å². The summed E-state index contributed by atoms with van der Waals surface area (Å²) in [5, 5.41) is 7.30. The second-order valence-corrected chi connectivity index (χ2v) is 4.14. The van der Waals surface area contributed by atoms with Crippen LogP contribution in [0.25, 0.3) is 0 Å². The van der Waals surface area contributed by atoms with Crippen LogP contribution >= 0.6 is 0 Å². The highest BCUT2D eigenvalue weighted by molar-refractivity contribution is 5.03. The summed E-state index contributed by atoms with van der Waals surface area (Å²) in [6.07, 6.45) is 1.24. The Hall–Kier alpha value is -0.870. The van der Waals surface area contributed by atoms with Crippen LogP contribution < -0.4 is 5.32 Å². The lowest BCUT2D eigenvalue weighted by Crippen LogP contribution is -2.36. The monoisotopic (exact) mass is 209 g/mol. The van der Waals surface area contributed by atoms with Gasteiger partial charge in [0.2, 0.25) is 0 Å². The average Bonchev–Trinajstić information content (AvgIpc) is 2.85. The number of hydrogen-bond acceptors (Lipinski definition) is 4. The second kappa shape index (κ2) is 4.77. The van der Waals surface area contributed by atoms with E-state index in [4.69, 9.17) is 4.52 Å². The Morgan fingerprint density at radius 2 is 2.53 bits per heavy atom. The molecule has 0 saturated carbocycles. The molecule has 4 nitrogen and oxygen atoms in total. The first-order chi connectivity index (χ1) is 7.29. The van der Waals surface area contributed by atoms with Gasteiger partial charge in [-0.15, -0.1) is 0 Å². The number of likely N-dealkylation sites (N-methyl/N-ethyl adjacent to an activating group) is 1. The van der Waals surface area contributed by atoms with Crippen LogP contribution in [0.5, 0.6) is 0 Å². The number of rotatable bonds is 4. The fourth-order valence-electron chi connectivity index (χ4n) is 2.14. The van der Waals surface area contributed by atoms with Crippen LogP contribution in [0.4, 0.5) is 0 Å². The third kappa shape index (κ3) is 2.58. The van der Waals surface area contributed by atoms with Crippen LogP contribution in [0.1, 0.15) is 24.8 Å². The predicted octanol–water partition coefficient (Wildman–Crippen LogP) is 1.17. The fourth-order valence-corrected chi connectivity index (χ4v) is 2.14. The van der Waals surface area contributed by atoms with Crippen molar-refractivity contribution in [2.24, 2.45) is 0 Å². The Morgan fingerprint density at radius 1 is 1.67 bits per heavy atom. The van der Waals surface area contributed by atoms with Crippen molar-refractivity contribution < 1.29 is 4.52 Å². The van der Waals surface area contributed by atoms with E-state index in [9.17, 15) is 0 Å². The minimum atomic E-state index is 0.653. The maximum Gasteiger partial charge on any atom is 0.150 e. The summed E-state index contributed by atoms with van der Waals surface area (Å²) < 4.78 is 5.24. The first kappa shape index (κ1) is 10.6. The summed E-state index contributed by atoms with van der Waals surface area (Å²) in [5.74, 6) is 0.973. The van der Waals surface area contributed by atoms with Gasteiger partial charge in [-0.3, -0.25) is 4.90 Å². The van der Waals surface area contributed by atoms with E-state index in [1.54, 1.807) is 0 Å². The molecule has 0 radical (unpaired) electrons. The molecule has 0 amide bonds. The zero-order chi connectivity index (χ0) is 10.7. The van der Waals surface area contributed by atoms with Gasteiger partial charge in [-0.2, -0.15) is 0 Å². The SMILES string of the molecule is CCN(Cc1cc(C)no1)C1CCNC1. The molecule has 1 aromatic rings. The van der Waals surface area contributed by atoms with Gasteiger partial charge in [0.15, 0.2) is 5.76 Å². The summed E-state index contributed by atoms with van der Waals surface area (Å²) in [7, 11) is 0. The molecule has 1 aliphatic rings. The molecule has 2 heterocycles. The fraction of sp³-hybridized carbons (Fsp3) is 0.727. The minimum absolute atomic E-state index is 0.653. The van der Waals surface area contributed by atoms with Crippen LogP contribution in [0.15, 0.2) is 10.6 Å². The molecule has 15 heavy (non-hydrogen) atoms. The van der Waals surface area contributed by atoms with E-state index in [1.807, 2.05) is 13.0 Å². The van der Waals surface area contributed by atoms with Gasteiger partial charge < -0.3 is 9.84 Å². The number of hydrogen-bond donors (Lipinski definition) is 1. The molecule has 0 bridgehead atoms. The maximum atomic E-state index is 5.24. The molecule has 1 atom stereocenters. The van der Waals surface area contributed by atoms with Gasteiger partial charge in [-0.25, -0.2) is 0 Å². The van der Waals surface area contributed by atoms with Gasteiger partial charge in [0.05, 0.1) is 12.2 Å². The highest BCUT2D eigenvalue weighted by Gasteiger charge is 2.21. The molecule has 0 aromatic carbocycles. The highest BCUT2D eigenvalue weighted by atomic mass is 16.5. The summed E-state index contributed by atoms with van der Waals surface area (Å²) in [5.41, 5.74) is 0.964. The Morgan fingerprint density at radius 3 is 3.07 bits per heavy atom. The first-order valence-electron chi connectivity index (χ1n) is 5.66. The largest absolute Gasteiger partial charge is 0.360 e. The molecule has 84 valence electrons. The van der Waals surface area contributed by atoms with Crippen molar-refractivity contribution in [3.8, 4) is 0 Å². The molecule has 0 aliphatic carbocycles. The van der Waals surface area contributed by atoms with Gasteiger partial charge in [0.1, 0.15) is 0 Å². The Balaban J connectivity index is 1.95. The van der Waals surface area contributed by atoms with Crippen molar-refractivity contribution in [1.29, 1.82) is 0 Å². The summed E-state index contributed by atoms with van der Waals surface area (Å²) in [6.45, 7) is 8.33. The van der Waals surface area contributed by atoms with Crippen molar-refractivity contribution in [1.82, 2.24) is 15.4 Å². The zero-order valence-corrected chi connectivity index (χ0v) is 9.49. The van der Waals surface area contributed by atoms with Gasteiger partial charge in [-0.1, -0.05) is 12.1 Å². The molecule has 1 unspecified atom stereocenters. The lowest BCUT2D eigenvalue weighted by molar-refractivity contribution is 0.186. The number of nitrogens with zero attached hydrogens (tertiary/aromatic N) is 2. The summed E-state index contributed by atoms with van der Waals surface area (Å²) >= 11 is 0. The van der Waals surface area contributed by atoms with E-state index in [0.29, 0.717) is 6.04 Å². The molecular weight excluding hydrogens is 190 g/mol. The molecule has 2 rings (SSSR count). The Bertz CT molecular complexity index is 305. The van der Waals surface area contributed by atoms with E-state index in [-0.39, 0.29) is 0 Å². The molecule has 1 saturated heterocycles. The number of aryl methyl sites for hydroxylation is 1. The number of aromatic nitrogens is 1. The molecule has 1 fully saturated rings. The molecule has 4 heteroatoms. The maximum absolute atomic E-state index is 5.24. The van der Waals surface area contributed by atoms with Gasteiger partial charge in [0, 0.05) is 18.7 Å². The normalized spacial score (nSPS) is 21.4. The average molecular weight is 209 g/mol. The molecule has 0 spiro atoms. The standard InChI is InChI=1S/C11H19N3O/c1-3-14(10-4-5-12-7-10)8-11-6-9(2)13-15-11/h6,10,12H,3-5,7-8H2,1-2H3. The van der Waals surface area contributed by atoms with Crippen LogP contribution in [-0.4, -0.2) is 35.7 Å². The summed E-state index contributed by atoms with van der Waals surface area (Å²) in [4.78, 5) is 2.44. The van der Waals surface area contributed by atoms with Crippen LogP contribution in [-0.2, 0) is 6.54 Å². The van der Waals surface area contributed by atoms with Crippen molar-refractivity contribution in [2.45, 2.75) is 32.9 Å². The van der Waals surface area contributed by atoms with Crippen molar-refractivity contribution in [2.75, 3.05) is 19.6 Å². The number of nitrogens with one attached hydrogen (secondary N) is 1. The lowest BCUT2D eigenvalue weighted by atomic mass is 10.2. The van der Waals surface area contributed by atoms with Crippen LogP contribution in [0.2, 0.25) is 0 Å². The van der Waals surface area contributed by atoms with E-state index in [0.717, 1.165) is 37.6 Å². The zero-order valence-electron chi connectivity index (χ0n) is 9.49. The van der Waals surface area contributed by atoms with Gasteiger partial charge in [0.25, 0.3) is 0 Å². The van der Waals surface area contributed by atoms with Gasteiger partial charge >= 0.3 is 0 Å². The van der Waals surface area contributed by atoms with Crippen LogP contribution in [0, 0.1) is 6.92 Å². The second-order valence-electron chi connectivity index (χ2n) is 4.14. The van der Waals surface area contributed by atoms with Crippen molar-refractivity contribution in [3.05, 3.63) is 17.5 Å². The molecular formula is C11H19N3O. The lowest BCUT2D eigenvalue weighted by Gasteiger charge is -2.25. The van der Waals surface area contributed by atoms with Gasteiger partial charge in [-0.05, 0) is 26.4 Å². The van der Waals surface area contributed by atoms with E-state index in [2.05, 4.69) is 22.3 Å². The Labute approximate surface area is 90.6 Å². The van der Waals surface area contributed by atoms with Crippen LogP contribution in [0.3, 0.4) is 0 Å². The molecule has 1 aromatic heterocycles. The predicted molar refractivity (Wildman–Crippen MR) is 58.6 cm³/mol. The van der Waals surface area contributed by atoms with Crippen molar-refractivity contribution in [3.63, 3.8) is 0 Å². The van der Waals surface area contributed by atoms with E-state index in [1.165, 1.54) is 6.42 Å². The third-order valence-corrected chi connectivity index (χ3v) is 2.99. The minimum Gasteiger partial charge on any atom is -0.360 e. The van der Waals surface area contributed by atoms with Crippen molar-refractivity contribution >= 4 is 0 Å². The summed E-state index contributed by atoms with van der Waals surface area (Å²) in [6, 6.07) is 2.67. The quantitative estimate of drug-likeness (QED) is 0.808. The van der Waals surface area contributed by atoms with E-state index >= 15 is 0 Å². The first-order valence-corrected chi connectivity index (χ1v) is 5.66. The highest BCUT2D eigenvalue weighted by Crippen LogP contribution is 2.13. The molecule has 1 aliphatic heterocycles.